The normalized spacial score (nSPS) is 13.9. The third-order valence-corrected chi connectivity index (χ3v) is 21.1. The zero-order valence-electron chi connectivity index (χ0n) is 66.2. The first kappa shape index (κ1) is 99.1. The topological polar surface area (TPSA) is 237 Å². The van der Waals surface area contributed by atoms with Gasteiger partial charge >= 0.3 is 39.5 Å². The third-order valence-electron chi connectivity index (χ3n) is 19.2. The highest BCUT2D eigenvalue weighted by Crippen LogP contribution is 2.45. The number of ether oxygens (including phenoxy) is 4. The number of unbranched alkanes of at least 4 members (excludes halogenated alkanes) is 51. The van der Waals surface area contributed by atoms with Gasteiger partial charge in [-0.05, 0) is 37.5 Å². The number of carbonyl (C=O) groups excluding carboxylic acids is 4. The maximum Gasteiger partial charge on any atom is 0.472 e. The second-order valence-electron chi connectivity index (χ2n) is 30.5. The molecule has 0 fully saturated rings. The molecule has 0 heterocycles. The summed E-state index contributed by atoms with van der Waals surface area (Å²) in [5, 5.41) is 10.6. The summed E-state index contributed by atoms with van der Waals surface area (Å²) in [5.41, 5.74) is 0. The Hall–Kier alpha value is -1.94. The summed E-state index contributed by atoms with van der Waals surface area (Å²) in [4.78, 5) is 72.8. The van der Waals surface area contributed by atoms with Gasteiger partial charge in [-0.15, -0.1) is 0 Å². The van der Waals surface area contributed by atoms with Gasteiger partial charge in [0, 0.05) is 25.7 Å². The number of hydrogen-bond donors (Lipinski definition) is 3. The van der Waals surface area contributed by atoms with E-state index in [1.165, 1.54) is 244 Å². The second-order valence-corrected chi connectivity index (χ2v) is 33.4. The van der Waals surface area contributed by atoms with Crippen LogP contribution in [0.4, 0.5) is 0 Å². The highest BCUT2D eigenvalue weighted by Gasteiger charge is 2.30. The van der Waals surface area contributed by atoms with Gasteiger partial charge in [-0.3, -0.25) is 37.3 Å². The van der Waals surface area contributed by atoms with Crippen molar-refractivity contribution in [1.82, 2.24) is 0 Å². The van der Waals surface area contributed by atoms with Crippen molar-refractivity contribution in [3.05, 3.63) is 0 Å². The summed E-state index contributed by atoms with van der Waals surface area (Å²) >= 11 is 0. The number of hydrogen-bond acceptors (Lipinski definition) is 15. The molecule has 0 saturated heterocycles. The molecule has 600 valence electrons. The van der Waals surface area contributed by atoms with Crippen LogP contribution >= 0.6 is 15.6 Å². The average Bonchev–Trinajstić information content (AvgIpc) is 0.939. The maximum atomic E-state index is 13.1. The van der Waals surface area contributed by atoms with Crippen molar-refractivity contribution in [2.45, 2.75) is 452 Å². The number of aliphatic hydroxyl groups is 1. The van der Waals surface area contributed by atoms with Crippen molar-refractivity contribution in [2.24, 2.45) is 11.8 Å². The van der Waals surface area contributed by atoms with Gasteiger partial charge in [0.05, 0.1) is 26.4 Å². The van der Waals surface area contributed by atoms with E-state index < -0.39 is 97.5 Å². The largest absolute Gasteiger partial charge is 0.472 e. The van der Waals surface area contributed by atoms with Gasteiger partial charge < -0.3 is 33.8 Å². The lowest BCUT2D eigenvalue weighted by atomic mass is 10.0. The zero-order chi connectivity index (χ0) is 74.2. The summed E-state index contributed by atoms with van der Waals surface area (Å²) in [7, 11) is -9.91. The summed E-state index contributed by atoms with van der Waals surface area (Å²) in [6.07, 6.45) is 64.3. The first-order valence-corrected chi connectivity index (χ1v) is 45.5. The second kappa shape index (κ2) is 73.6. The van der Waals surface area contributed by atoms with E-state index in [4.69, 9.17) is 37.0 Å². The fraction of sp³-hybridized carbons (Fsp3) is 0.951. The van der Waals surface area contributed by atoms with E-state index in [9.17, 15) is 43.2 Å². The molecule has 2 unspecified atom stereocenters. The van der Waals surface area contributed by atoms with E-state index in [2.05, 4.69) is 41.5 Å². The van der Waals surface area contributed by atoms with Crippen LogP contribution in [0.1, 0.15) is 433 Å². The van der Waals surface area contributed by atoms with E-state index in [-0.39, 0.29) is 25.7 Å². The minimum atomic E-state index is -4.96. The molecule has 0 amide bonds. The van der Waals surface area contributed by atoms with Crippen LogP contribution in [0.5, 0.6) is 0 Å². The SMILES string of the molecule is CCCCCCCCCCCCCCCCCCCC(=O)O[C@H](COC(=O)CCCCCCC)COP(=O)(O)OC[C@H](O)COP(=O)(O)OC[C@@H](COC(=O)CCCCCCCCCCCCCCCCCC(C)C)OC(=O)CCCCCCCCCCCCCCCCCCCCC(C)C. The van der Waals surface area contributed by atoms with E-state index >= 15 is 0 Å². The molecule has 0 radical (unpaired) electrons. The molecule has 5 atom stereocenters. The molecular formula is C82H160O17P2. The van der Waals surface area contributed by atoms with Crippen molar-refractivity contribution < 1.29 is 80.2 Å². The lowest BCUT2D eigenvalue weighted by Gasteiger charge is -2.21. The molecule has 0 aromatic heterocycles. The van der Waals surface area contributed by atoms with Gasteiger partial charge in [-0.1, -0.05) is 382 Å². The van der Waals surface area contributed by atoms with Crippen LogP contribution in [0.15, 0.2) is 0 Å². The van der Waals surface area contributed by atoms with E-state index in [1.807, 2.05) is 0 Å². The number of phosphoric ester groups is 2. The molecule has 17 nitrogen and oxygen atoms in total. The van der Waals surface area contributed by atoms with Gasteiger partial charge in [0.15, 0.2) is 12.2 Å². The Morgan fingerprint density at radius 2 is 0.455 bits per heavy atom. The molecule has 0 aromatic carbocycles. The summed E-state index contributed by atoms with van der Waals surface area (Å²) in [6, 6.07) is 0. The van der Waals surface area contributed by atoms with Crippen molar-refractivity contribution in [1.29, 1.82) is 0 Å². The van der Waals surface area contributed by atoms with Gasteiger partial charge in [-0.2, -0.15) is 0 Å². The van der Waals surface area contributed by atoms with Crippen LogP contribution in [-0.4, -0.2) is 96.7 Å². The summed E-state index contributed by atoms with van der Waals surface area (Å²) in [5.74, 6) is -0.492. The van der Waals surface area contributed by atoms with Gasteiger partial charge in [0.25, 0.3) is 0 Å². The van der Waals surface area contributed by atoms with Crippen molar-refractivity contribution in [3.63, 3.8) is 0 Å². The molecule has 0 aromatic rings. The molecule has 0 spiro atoms. The van der Waals surface area contributed by atoms with Crippen LogP contribution in [0.3, 0.4) is 0 Å². The number of phosphoric acid groups is 2. The standard InChI is InChI=1S/C82H160O17P2/c1-7-9-11-13-14-15-16-17-18-21-27-33-38-43-48-54-60-66-81(86)98-77(70-92-79(84)64-58-50-12-10-8-2)72-96-100(88,89)94-68-76(83)69-95-101(90,91)97-73-78(71-93-80(85)65-59-53-47-42-37-32-29-24-26-31-36-41-46-52-57-63-75(5)6)99-82(87)67-61-55-49-44-39-34-28-23-20-19-22-25-30-35-40-45-51-56-62-74(3)4/h74-78,83H,7-73H2,1-6H3,(H,88,89)(H,90,91)/t76-,77+,78+/m0/s1. The molecule has 3 N–H and O–H groups in total. The van der Waals surface area contributed by atoms with Crippen molar-refractivity contribution >= 4 is 39.5 Å². The highest BCUT2D eigenvalue weighted by atomic mass is 31.2. The van der Waals surface area contributed by atoms with E-state index in [1.54, 1.807) is 0 Å². The number of rotatable bonds is 81. The van der Waals surface area contributed by atoms with Gasteiger partial charge in [0.1, 0.15) is 19.3 Å². The lowest BCUT2D eigenvalue weighted by Crippen LogP contribution is -2.30. The Morgan fingerprint density at radius 3 is 0.673 bits per heavy atom. The Balaban J connectivity index is 5.11. The predicted octanol–water partition coefficient (Wildman–Crippen LogP) is 24.7. The van der Waals surface area contributed by atoms with Crippen LogP contribution in [0.25, 0.3) is 0 Å². The molecule has 0 saturated carbocycles. The molecule has 0 bridgehead atoms. The van der Waals surface area contributed by atoms with Crippen LogP contribution in [0, 0.1) is 11.8 Å². The minimum absolute atomic E-state index is 0.108. The van der Waals surface area contributed by atoms with E-state index in [0.29, 0.717) is 25.7 Å². The lowest BCUT2D eigenvalue weighted by molar-refractivity contribution is -0.161. The Kier molecular flexibility index (Phi) is 72.2. The quantitative estimate of drug-likeness (QED) is 0.0222. The average molecular weight is 1480 g/mol. The Morgan fingerprint density at radius 1 is 0.267 bits per heavy atom. The molecular weight excluding hydrogens is 1320 g/mol. The van der Waals surface area contributed by atoms with Gasteiger partial charge in [0.2, 0.25) is 0 Å². The summed E-state index contributed by atoms with van der Waals surface area (Å²) < 4.78 is 68.5. The molecule has 0 aliphatic rings. The fourth-order valence-electron chi connectivity index (χ4n) is 12.7. The predicted molar refractivity (Wildman–Crippen MR) is 414 cm³/mol. The van der Waals surface area contributed by atoms with Crippen molar-refractivity contribution in [3.8, 4) is 0 Å². The number of esters is 4. The third kappa shape index (κ3) is 76.1. The van der Waals surface area contributed by atoms with Crippen LogP contribution in [-0.2, 0) is 65.4 Å². The van der Waals surface area contributed by atoms with Crippen LogP contribution < -0.4 is 0 Å². The molecule has 0 rings (SSSR count). The first-order valence-electron chi connectivity index (χ1n) is 42.5. The molecule has 101 heavy (non-hydrogen) atoms. The first-order chi connectivity index (χ1) is 48.9. The highest BCUT2D eigenvalue weighted by molar-refractivity contribution is 7.47. The zero-order valence-corrected chi connectivity index (χ0v) is 68.0. The number of carbonyl (C=O) groups is 4. The minimum Gasteiger partial charge on any atom is -0.462 e. The monoisotopic (exact) mass is 1480 g/mol. The van der Waals surface area contributed by atoms with E-state index in [0.717, 1.165) is 108 Å². The van der Waals surface area contributed by atoms with Crippen molar-refractivity contribution in [2.75, 3.05) is 39.6 Å². The summed E-state index contributed by atoms with van der Waals surface area (Å²) in [6.45, 7) is 9.62. The van der Waals surface area contributed by atoms with Gasteiger partial charge in [-0.25, -0.2) is 9.13 Å². The maximum absolute atomic E-state index is 13.1. The molecule has 19 heteroatoms. The van der Waals surface area contributed by atoms with Crippen LogP contribution in [0.2, 0.25) is 0 Å². The smallest absolute Gasteiger partial charge is 0.462 e. The molecule has 0 aliphatic heterocycles. The Labute approximate surface area is 619 Å². The fourth-order valence-corrected chi connectivity index (χ4v) is 14.3. The Bertz CT molecular complexity index is 1940. The molecule has 0 aliphatic carbocycles. The number of aliphatic hydroxyl groups excluding tert-OH is 1.